The molecule has 1 fully saturated rings. The maximum absolute atomic E-state index is 12.9. The van der Waals surface area contributed by atoms with Crippen LogP contribution in [0.4, 0.5) is 4.79 Å². The van der Waals surface area contributed by atoms with Crippen LogP contribution in [0.5, 0.6) is 0 Å². The third-order valence-corrected chi connectivity index (χ3v) is 5.74. The summed E-state index contributed by atoms with van der Waals surface area (Å²) in [7, 11) is 0. The predicted molar refractivity (Wildman–Crippen MR) is 113 cm³/mol. The smallest absolute Gasteiger partial charge is 0.410 e. The van der Waals surface area contributed by atoms with Crippen molar-refractivity contribution < 1.29 is 19.1 Å². The van der Waals surface area contributed by atoms with E-state index < -0.39 is 0 Å². The van der Waals surface area contributed by atoms with E-state index in [1.54, 1.807) is 0 Å². The molecule has 0 saturated heterocycles. The van der Waals surface area contributed by atoms with E-state index in [1.165, 1.54) is 6.42 Å². The molecule has 28 heavy (non-hydrogen) atoms. The van der Waals surface area contributed by atoms with E-state index in [0.29, 0.717) is 25.6 Å². The molecule has 5 nitrogen and oxygen atoms in total. The fraction of sp³-hybridized carbons (Fsp3) is 0.913. The maximum atomic E-state index is 12.9. The Hall–Kier alpha value is -1.26. The van der Waals surface area contributed by atoms with E-state index in [0.717, 1.165) is 25.7 Å². The van der Waals surface area contributed by atoms with Gasteiger partial charge in [0, 0.05) is 12.1 Å². The van der Waals surface area contributed by atoms with Gasteiger partial charge in [0.15, 0.2) is 0 Å². The number of rotatable bonds is 10. The summed E-state index contributed by atoms with van der Waals surface area (Å²) in [5.41, 5.74) is 0. The fourth-order valence-electron chi connectivity index (χ4n) is 4.08. The second-order valence-electron chi connectivity index (χ2n) is 9.32. The van der Waals surface area contributed by atoms with Crippen LogP contribution in [0.25, 0.3) is 0 Å². The highest BCUT2D eigenvalue weighted by molar-refractivity contribution is 5.73. The van der Waals surface area contributed by atoms with Gasteiger partial charge in [0.1, 0.15) is 0 Å². The summed E-state index contributed by atoms with van der Waals surface area (Å²) in [6, 6.07) is 0.181. The minimum absolute atomic E-state index is 0.0267. The first kappa shape index (κ1) is 24.8. The van der Waals surface area contributed by atoms with Crippen molar-refractivity contribution in [2.24, 2.45) is 23.7 Å². The minimum Gasteiger partial charge on any atom is -0.465 e. The van der Waals surface area contributed by atoms with Crippen molar-refractivity contribution in [1.29, 1.82) is 0 Å². The molecule has 2 unspecified atom stereocenters. The van der Waals surface area contributed by atoms with Gasteiger partial charge in [0.2, 0.25) is 0 Å². The number of carbonyl (C=O) groups excluding carboxylic acids is 2. The van der Waals surface area contributed by atoms with Gasteiger partial charge in [-0.1, -0.05) is 60.8 Å². The molecule has 0 aromatic rings. The van der Waals surface area contributed by atoms with Gasteiger partial charge in [-0.15, -0.1) is 0 Å². The Morgan fingerprint density at radius 2 is 1.54 bits per heavy atom. The number of amides is 1. The standard InChI is InChI=1S/C23H43NO4/c1-8-27-23(26)24(19-12-10-9-11-13-19)21(18(6)7)14-20(17(4)5)22(25)28-15-16(2)3/h16-21H,8-15H2,1-7H3. The van der Waals surface area contributed by atoms with Crippen LogP contribution < -0.4 is 0 Å². The lowest BCUT2D eigenvalue weighted by atomic mass is 9.83. The molecule has 0 aromatic carbocycles. The summed E-state index contributed by atoms with van der Waals surface area (Å²) in [6.45, 7) is 15.1. The molecule has 0 radical (unpaired) electrons. The van der Waals surface area contributed by atoms with Gasteiger partial charge >= 0.3 is 12.1 Å². The molecule has 2 atom stereocenters. The second kappa shape index (κ2) is 12.3. The first-order valence-electron chi connectivity index (χ1n) is 11.3. The van der Waals surface area contributed by atoms with Crippen molar-refractivity contribution in [3.63, 3.8) is 0 Å². The zero-order chi connectivity index (χ0) is 21.3. The molecule has 1 saturated carbocycles. The highest BCUT2D eigenvalue weighted by atomic mass is 16.6. The monoisotopic (exact) mass is 397 g/mol. The summed E-state index contributed by atoms with van der Waals surface area (Å²) >= 11 is 0. The van der Waals surface area contributed by atoms with Crippen LogP contribution in [0.2, 0.25) is 0 Å². The molecular formula is C23H43NO4. The Bertz CT molecular complexity index is 469. The number of hydrogen-bond donors (Lipinski definition) is 0. The van der Waals surface area contributed by atoms with E-state index >= 15 is 0 Å². The normalized spacial score (nSPS) is 17.6. The second-order valence-corrected chi connectivity index (χ2v) is 9.32. The summed E-state index contributed by atoms with van der Waals surface area (Å²) in [5.74, 6) is 0.367. The third-order valence-electron chi connectivity index (χ3n) is 5.74. The number of hydrogen-bond acceptors (Lipinski definition) is 4. The van der Waals surface area contributed by atoms with Crippen LogP contribution in [-0.2, 0) is 14.3 Å². The molecule has 164 valence electrons. The fourth-order valence-corrected chi connectivity index (χ4v) is 4.08. The molecular weight excluding hydrogens is 354 g/mol. The van der Waals surface area contributed by atoms with Crippen LogP contribution >= 0.6 is 0 Å². The minimum atomic E-state index is -0.230. The Labute approximate surface area is 172 Å². The van der Waals surface area contributed by atoms with Crippen LogP contribution in [-0.4, -0.2) is 42.3 Å². The van der Waals surface area contributed by atoms with Crippen LogP contribution in [0.3, 0.4) is 0 Å². The van der Waals surface area contributed by atoms with Crippen LogP contribution in [0.15, 0.2) is 0 Å². The lowest BCUT2D eigenvalue weighted by Crippen LogP contribution is -2.51. The van der Waals surface area contributed by atoms with Gasteiger partial charge in [-0.3, -0.25) is 4.79 Å². The highest BCUT2D eigenvalue weighted by Gasteiger charge is 2.38. The Balaban J connectivity index is 3.05. The molecule has 5 heteroatoms. The lowest BCUT2D eigenvalue weighted by molar-refractivity contribution is -0.152. The molecule has 0 aromatic heterocycles. The van der Waals surface area contributed by atoms with Gasteiger partial charge in [-0.25, -0.2) is 4.79 Å². The Kier molecular flexibility index (Phi) is 10.9. The Morgan fingerprint density at radius 3 is 2.00 bits per heavy atom. The van der Waals surface area contributed by atoms with Crippen molar-refractivity contribution in [3.05, 3.63) is 0 Å². The average Bonchev–Trinajstić information content (AvgIpc) is 2.63. The first-order valence-corrected chi connectivity index (χ1v) is 11.3. The molecule has 1 aliphatic rings. The van der Waals surface area contributed by atoms with E-state index in [2.05, 4.69) is 27.7 Å². The van der Waals surface area contributed by atoms with Gasteiger partial charge < -0.3 is 14.4 Å². The molecule has 0 N–H and O–H groups in total. The van der Waals surface area contributed by atoms with Gasteiger partial charge in [0.25, 0.3) is 0 Å². The van der Waals surface area contributed by atoms with E-state index in [1.807, 2.05) is 25.7 Å². The molecule has 0 aliphatic heterocycles. The molecule has 0 heterocycles. The average molecular weight is 398 g/mol. The molecule has 0 bridgehead atoms. The van der Waals surface area contributed by atoms with E-state index in [9.17, 15) is 9.59 Å². The molecule has 0 spiro atoms. The largest absolute Gasteiger partial charge is 0.465 e. The van der Waals surface area contributed by atoms with Crippen LogP contribution in [0.1, 0.15) is 87.0 Å². The Morgan fingerprint density at radius 1 is 0.929 bits per heavy atom. The summed E-state index contributed by atoms with van der Waals surface area (Å²) in [4.78, 5) is 27.7. The van der Waals surface area contributed by atoms with Gasteiger partial charge in [-0.05, 0) is 43.9 Å². The zero-order valence-corrected chi connectivity index (χ0v) is 19.2. The quantitative estimate of drug-likeness (QED) is 0.446. The molecule has 1 amide bonds. The van der Waals surface area contributed by atoms with E-state index in [-0.39, 0.29) is 41.9 Å². The summed E-state index contributed by atoms with van der Waals surface area (Å²) in [6.07, 6.45) is 5.96. The topological polar surface area (TPSA) is 55.8 Å². The van der Waals surface area contributed by atoms with Gasteiger partial charge in [0.05, 0.1) is 19.1 Å². The van der Waals surface area contributed by atoms with E-state index in [4.69, 9.17) is 9.47 Å². The van der Waals surface area contributed by atoms with Crippen molar-refractivity contribution in [2.45, 2.75) is 99.1 Å². The molecule has 1 rings (SSSR count). The zero-order valence-electron chi connectivity index (χ0n) is 19.2. The first-order chi connectivity index (χ1) is 13.2. The molecule has 1 aliphatic carbocycles. The number of carbonyl (C=O) groups is 2. The SMILES string of the molecule is CCOC(=O)N(C1CCCCC1)C(CC(C(=O)OCC(C)C)C(C)C)C(C)C. The summed E-state index contributed by atoms with van der Waals surface area (Å²) in [5, 5.41) is 0. The number of nitrogens with zero attached hydrogens (tertiary/aromatic N) is 1. The lowest BCUT2D eigenvalue weighted by Gasteiger charge is -2.42. The summed E-state index contributed by atoms with van der Waals surface area (Å²) < 4.78 is 11.0. The van der Waals surface area contributed by atoms with Crippen molar-refractivity contribution >= 4 is 12.1 Å². The number of ether oxygens (including phenoxy) is 2. The van der Waals surface area contributed by atoms with Crippen molar-refractivity contribution in [1.82, 2.24) is 4.90 Å². The highest BCUT2D eigenvalue weighted by Crippen LogP contribution is 2.32. The van der Waals surface area contributed by atoms with Crippen LogP contribution in [0, 0.1) is 23.7 Å². The van der Waals surface area contributed by atoms with Crippen molar-refractivity contribution in [2.75, 3.05) is 13.2 Å². The van der Waals surface area contributed by atoms with Gasteiger partial charge in [-0.2, -0.15) is 0 Å². The maximum Gasteiger partial charge on any atom is 0.410 e. The third kappa shape index (κ3) is 7.63. The van der Waals surface area contributed by atoms with Crippen molar-refractivity contribution in [3.8, 4) is 0 Å². The number of esters is 1. The predicted octanol–water partition coefficient (Wildman–Crippen LogP) is 5.66.